The van der Waals surface area contributed by atoms with Crippen LogP contribution in [-0.2, 0) is 0 Å². The number of methoxy groups -OCH3 is 1. The van der Waals surface area contributed by atoms with Crippen LogP contribution in [0.1, 0.15) is 38.2 Å². The van der Waals surface area contributed by atoms with Crippen molar-refractivity contribution in [1.29, 1.82) is 0 Å². The molecule has 3 rings (SSSR count). The molecule has 1 aromatic heterocycles. The second-order valence-corrected chi connectivity index (χ2v) is 7.36. The number of rotatable bonds is 8. The third-order valence-corrected chi connectivity index (χ3v) is 4.97. The number of aromatic nitrogens is 2. The average molecular weight is 417 g/mol. The highest BCUT2D eigenvalue weighted by molar-refractivity contribution is 9.10. The molecular formula is C21H25BrN2O2. The van der Waals surface area contributed by atoms with Gasteiger partial charge >= 0.3 is 0 Å². The van der Waals surface area contributed by atoms with Crippen LogP contribution in [0.3, 0.4) is 0 Å². The van der Waals surface area contributed by atoms with Crippen molar-refractivity contribution in [2.45, 2.75) is 39.5 Å². The minimum atomic E-state index is 0.693. The first-order chi connectivity index (χ1) is 12.6. The van der Waals surface area contributed by atoms with Crippen molar-refractivity contribution in [3.8, 4) is 22.9 Å². The monoisotopic (exact) mass is 416 g/mol. The quantitative estimate of drug-likeness (QED) is 0.440. The highest BCUT2D eigenvalue weighted by Gasteiger charge is 2.15. The second-order valence-electron chi connectivity index (χ2n) is 6.50. The van der Waals surface area contributed by atoms with Crippen molar-refractivity contribution in [2.24, 2.45) is 0 Å². The molecule has 0 bridgehead atoms. The van der Waals surface area contributed by atoms with Crippen LogP contribution in [0.15, 0.2) is 34.8 Å². The summed E-state index contributed by atoms with van der Waals surface area (Å²) in [4.78, 5) is 8.08. The first-order valence-electron chi connectivity index (χ1n) is 9.09. The largest absolute Gasteiger partial charge is 0.493 e. The predicted molar refractivity (Wildman–Crippen MR) is 110 cm³/mol. The van der Waals surface area contributed by atoms with E-state index < -0.39 is 0 Å². The van der Waals surface area contributed by atoms with E-state index in [1.165, 1.54) is 24.8 Å². The Labute approximate surface area is 163 Å². The predicted octanol–water partition coefficient (Wildman–Crippen LogP) is 6.27. The third-order valence-electron chi connectivity index (χ3n) is 4.38. The summed E-state index contributed by atoms with van der Waals surface area (Å²) in [6, 6.07) is 10.2. The van der Waals surface area contributed by atoms with Gasteiger partial charge in [0.05, 0.1) is 29.2 Å². The molecule has 0 unspecified atom stereocenters. The Hall–Kier alpha value is -2.01. The zero-order valence-electron chi connectivity index (χ0n) is 15.6. The van der Waals surface area contributed by atoms with Gasteiger partial charge < -0.3 is 14.5 Å². The summed E-state index contributed by atoms with van der Waals surface area (Å²) in [6.07, 6.45) is 4.70. The number of aromatic amines is 1. The van der Waals surface area contributed by atoms with E-state index in [0.29, 0.717) is 12.4 Å². The van der Waals surface area contributed by atoms with Gasteiger partial charge in [-0.25, -0.2) is 4.98 Å². The average Bonchev–Trinajstić information content (AvgIpc) is 3.05. The van der Waals surface area contributed by atoms with Crippen molar-refractivity contribution in [3.05, 3.63) is 40.4 Å². The van der Waals surface area contributed by atoms with Gasteiger partial charge in [-0.3, -0.25) is 0 Å². The van der Waals surface area contributed by atoms with Crippen LogP contribution in [0, 0.1) is 6.92 Å². The molecule has 0 spiro atoms. The smallest absolute Gasteiger partial charge is 0.175 e. The summed E-state index contributed by atoms with van der Waals surface area (Å²) in [5.41, 5.74) is 4.16. The summed E-state index contributed by atoms with van der Waals surface area (Å²) in [6.45, 7) is 4.98. The lowest BCUT2D eigenvalue weighted by Crippen LogP contribution is -2.00. The SMILES string of the molecule is CCCCCCOc1c(Br)cc(-c2nc3ccc(C)cc3[nH]2)cc1OC. The Kier molecular flexibility index (Phi) is 6.20. The molecule has 26 heavy (non-hydrogen) atoms. The minimum absolute atomic E-state index is 0.693. The molecule has 3 aromatic rings. The van der Waals surface area contributed by atoms with Crippen LogP contribution < -0.4 is 9.47 Å². The molecule has 0 aliphatic carbocycles. The van der Waals surface area contributed by atoms with Crippen molar-refractivity contribution in [3.63, 3.8) is 0 Å². The van der Waals surface area contributed by atoms with Crippen LogP contribution >= 0.6 is 15.9 Å². The first-order valence-corrected chi connectivity index (χ1v) is 9.88. The van der Waals surface area contributed by atoms with Crippen LogP contribution in [-0.4, -0.2) is 23.7 Å². The van der Waals surface area contributed by atoms with Gasteiger partial charge in [-0.1, -0.05) is 32.3 Å². The molecule has 0 fully saturated rings. The van der Waals surface area contributed by atoms with Crippen LogP contribution in [0.5, 0.6) is 11.5 Å². The summed E-state index contributed by atoms with van der Waals surface area (Å²) in [7, 11) is 1.66. The fraction of sp³-hybridized carbons (Fsp3) is 0.381. The highest BCUT2D eigenvalue weighted by Crippen LogP contribution is 2.39. The Morgan fingerprint density at radius 1 is 1.12 bits per heavy atom. The Balaban J connectivity index is 1.85. The molecule has 0 aliphatic heterocycles. The second kappa shape index (κ2) is 8.58. The third kappa shape index (κ3) is 4.21. The van der Waals surface area contributed by atoms with E-state index in [-0.39, 0.29) is 0 Å². The number of H-pyrrole nitrogens is 1. The number of unbranched alkanes of at least 4 members (excludes halogenated alkanes) is 3. The first kappa shape index (κ1) is 18.8. The van der Waals surface area contributed by atoms with Gasteiger partial charge in [-0.2, -0.15) is 0 Å². The van der Waals surface area contributed by atoms with Gasteiger partial charge in [-0.05, 0) is 59.1 Å². The van der Waals surface area contributed by atoms with Gasteiger partial charge in [-0.15, -0.1) is 0 Å². The zero-order chi connectivity index (χ0) is 18.5. The maximum absolute atomic E-state index is 5.97. The molecule has 0 saturated heterocycles. The summed E-state index contributed by atoms with van der Waals surface area (Å²) >= 11 is 3.63. The van der Waals surface area contributed by atoms with Gasteiger partial charge in [0.2, 0.25) is 0 Å². The topological polar surface area (TPSA) is 47.1 Å². The van der Waals surface area contributed by atoms with E-state index in [9.17, 15) is 0 Å². The Morgan fingerprint density at radius 3 is 2.73 bits per heavy atom. The standard InChI is InChI=1S/C21H25BrN2O2/c1-4-5-6-7-10-26-20-16(22)12-15(13-19(20)25-3)21-23-17-9-8-14(2)11-18(17)24-21/h8-9,11-13H,4-7,10H2,1-3H3,(H,23,24). The normalized spacial score (nSPS) is 11.1. The number of nitrogens with one attached hydrogen (secondary N) is 1. The number of ether oxygens (including phenoxy) is 2. The lowest BCUT2D eigenvalue weighted by atomic mass is 10.2. The number of fused-ring (bicyclic) bond motifs is 1. The summed E-state index contributed by atoms with van der Waals surface area (Å²) in [5, 5.41) is 0. The molecule has 138 valence electrons. The molecule has 1 N–H and O–H groups in total. The molecule has 5 heteroatoms. The van der Waals surface area contributed by atoms with E-state index in [4.69, 9.17) is 14.5 Å². The fourth-order valence-electron chi connectivity index (χ4n) is 2.96. The minimum Gasteiger partial charge on any atom is -0.493 e. The molecule has 0 amide bonds. The molecule has 0 aliphatic rings. The van der Waals surface area contributed by atoms with Gasteiger partial charge in [0.25, 0.3) is 0 Å². The number of imidazole rings is 1. The summed E-state index contributed by atoms with van der Waals surface area (Å²) < 4.78 is 12.4. The van der Waals surface area contributed by atoms with Crippen molar-refractivity contribution < 1.29 is 9.47 Å². The number of halogens is 1. The number of hydrogen-bond acceptors (Lipinski definition) is 3. The van der Waals surface area contributed by atoms with Crippen LogP contribution in [0.2, 0.25) is 0 Å². The lowest BCUT2D eigenvalue weighted by Gasteiger charge is -2.14. The highest BCUT2D eigenvalue weighted by atomic mass is 79.9. The maximum Gasteiger partial charge on any atom is 0.175 e. The molecule has 0 atom stereocenters. The lowest BCUT2D eigenvalue weighted by molar-refractivity contribution is 0.283. The molecule has 0 saturated carbocycles. The van der Waals surface area contributed by atoms with E-state index >= 15 is 0 Å². The van der Waals surface area contributed by atoms with E-state index in [0.717, 1.165) is 39.1 Å². The van der Waals surface area contributed by atoms with Crippen molar-refractivity contribution in [2.75, 3.05) is 13.7 Å². The number of aryl methyl sites for hydroxylation is 1. The van der Waals surface area contributed by atoms with E-state index in [1.807, 2.05) is 18.2 Å². The zero-order valence-corrected chi connectivity index (χ0v) is 17.1. The maximum atomic E-state index is 5.97. The van der Waals surface area contributed by atoms with E-state index in [1.54, 1.807) is 7.11 Å². The van der Waals surface area contributed by atoms with Gasteiger partial charge in [0.15, 0.2) is 11.5 Å². The number of benzene rings is 2. The van der Waals surface area contributed by atoms with Crippen molar-refractivity contribution in [1.82, 2.24) is 9.97 Å². The Morgan fingerprint density at radius 2 is 1.96 bits per heavy atom. The van der Waals surface area contributed by atoms with Crippen molar-refractivity contribution >= 4 is 27.0 Å². The number of hydrogen-bond donors (Lipinski definition) is 1. The van der Waals surface area contributed by atoms with Crippen LogP contribution in [0.4, 0.5) is 0 Å². The fourth-order valence-corrected chi connectivity index (χ4v) is 3.52. The molecule has 4 nitrogen and oxygen atoms in total. The molecular weight excluding hydrogens is 392 g/mol. The molecule has 1 heterocycles. The van der Waals surface area contributed by atoms with Gasteiger partial charge in [0, 0.05) is 5.56 Å². The van der Waals surface area contributed by atoms with E-state index in [2.05, 4.69) is 46.9 Å². The Bertz CT molecular complexity index is 889. The molecule has 0 radical (unpaired) electrons. The summed E-state index contributed by atoms with van der Waals surface area (Å²) in [5.74, 6) is 2.28. The van der Waals surface area contributed by atoms with Gasteiger partial charge in [0.1, 0.15) is 5.82 Å². The van der Waals surface area contributed by atoms with Crippen LogP contribution in [0.25, 0.3) is 22.4 Å². The molecule has 2 aromatic carbocycles. The number of nitrogens with zero attached hydrogens (tertiary/aromatic N) is 1.